The number of nitrogens with one attached hydrogen (secondary N) is 2. The molecule has 0 aliphatic rings. The molecule has 20 heavy (non-hydrogen) atoms. The fraction of sp³-hybridized carbons (Fsp3) is 0.286. The topological polar surface area (TPSA) is 54.2 Å². The van der Waals surface area contributed by atoms with Crippen molar-refractivity contribution in [3.05, 3.63) is 52.8 Å². The molecule has 0 atom stereocenters. The Kier molecular flexibility index (Phi) is 5.01. The summed E-state index contributed by atoms with van der Waals surface area (Å²) in [5.74, 6) is 0.728. The molecule has 0 unspecified atom stereocenters. The number of hydrogen-bond donors (Lipinski definition) is 2. The molecule has 0 radical (unpaired) electrons. The summed E-state index contributed by atoms with van der Waals surface area (Å²) in [6, 6.07) is 9.72. The van der Waals surface area contributed by atoms with E-state index in [9.17, 15) is 0 Å². The molecule has 0 bridgehead atoms. The summed E-state index contributed by atoms with van der Waals surface area (Å²) in [6.45, 7) is 1.30. The number of nitrogens with zero attached hydrogens (tertiary/aromatic N) is 3. The SMILES string of the molecule is CN=C(NCc1ccccc1Cl)NCc1ccnn1C. The van der Waals surface area contributed by atoms with Crippen LogP contribution in [-0.4, -0.2) is 22.8 Å². The predicted octanol–water partition coefficient (Wildman–Crippen LogP) is 1.94. The van der Waals surface area contributed by atoms with Gasteiger partial charge in [-0.1, -0.05) is 29.8 Å². The summed E-state index contributed by atoms with van der Waals surface area (Å²) in [6.07, 6.45) is 1.77. The Morgan fingerprint density at radius 2 is 2.00 bits per heavy atom. The molecule has 0 saturated carbocycles. The summed E-state index contributed by atoms with van der Waals surface area (Å²) in [7, 11) is 3.65. The molecular formula is C14H18ClN5. The molecule has 1 aromatic carbocycles. The fourth-order valence-corrected chi connectivity index (χ4v) is 1.99. The third kappa shape index (κ3) is 3.74. The lowest BCUT2D eigenvalue weighted by atomic mass is 10.2. The number of aryl methyl sites for hydroxylation is 1. The van der Waals surface area contributed by atoms with Crippen molar-refractivity contribution in [2.45, 2.75) is 13.1 Å². The largest absolute Gasteiger partial charge is 0.352 e. The molecule has 2 aromatic rings. The maximum absolute atomic E-state index is 6.12. The van der Waals surface area contributed by atoms with E-state index in [1.165, 1.54) is 0 Å². The van der Waals surface area contributed by atoms with Gasteiger partial charge in [0.1, 0.15) is 0 Å². The molecule has 2 N–H and O–H groups in total. The molecule has 0 spiro atoms. The zero-order chi connectivity index (χ0) is 14.4. The highest BCUT2D eigenvalue weighted by Gasteiger charge is 2.03. The van der Waals surface area contributed by atoms with Gasteiger partial charge in [0, 0.05) is 31.9 Å². The standard InChI is InChI=1S/C14H18ClN5/c1-16-14(18-10-12-7-8-19-20(12)2)17-9-11-5-3-4-6-13(11)15/h3-8H,9-10H2,1-2H3,(H2,16,17,18). The average molecular weight is 292 g/mol. The third-order valence-electron chi connectivity index (χ3n) is 2.99. The second-order valence-corrected chi connectivity index (χ2v) is 4.72. The Morgan fingerprint density at radius 1 is 1.25 bits per heavy atom. The molecule has 1 aromatic heterocycles. The van der Waals surface area contributed by atoms with Gasteiger partial charge in [0.2, 0.25) is 0 Å². The van der Waals surface area contributed by atoms with E-state index in [-0.39, 0.29) is 0 Å². The van der Waals surface area contributed by atoms with Crippen LogP contribution in [0.4, 0.5) is 0 Å². The van der Waals surface area contributed by atoms with Crippen LogP contribution in [0.1, 0.15) is 11.3 Å². The number of halogens is 1. The van der Waals surface area contributed by atoms with E-state index in [1.807, 2.05) is 42.1 Å². The van der Waals surface area contributed by atoms with Crippen molar-refractivity contribution < 1.29 is 0 Å². The van der Waals surface area contributed by atoms with Crippen LogP contribution in [0.3, 0.4) is 0 Å². The first-order valence-electron chi connectivity index (χ1n) is 6.35. The Morgan fingerprint density at radius 3 is 2.65 bits per heavy atom. The van der Waals surface area contributed by atoms with Crippen molar-refractivity contribution in [1.82, 2.24) is 20.4 Å². The van der Waals surface area contributed by atoms with Crippen molar-refractivity contribution >= 4 is 17.6 Å². The van der Waals surface area contributed by atoms with Crippen molar-refractivity contribution in [3.8, 4) is 0 Å². The Hall–Kier alpha value is -2.01. The number of benzene rings is 1. The van der Waals surface area contributed by atoms with Crippen LogP contribution >= 0.6 is 11.6 Å². The van der Waals surface area contributed by atoms with Crippen LogP contribution in [0.25, 0.3) is 0 Å². The molecule has 106 valence electrons. The first-order chi connectivity index (χ1) is 9.70. The second-order valence-electron chi connectivity index (χ2n) is 4.32. The average Bonchev–Trinajstić information content (AvgIpc) is 2.86. The summed E-state index contributed by atoms with van der Waals surface area (Å²) in [5, 5.41) is 11.3. The van der Waals surface area contributed by atoms with Gasteiger partial charge in [-0.3, -0.25) is 9.67 Å². The minimum absolute atomic E-state index is 0.630. The Balaban J connectivity index is 1.87. The van der Waals surface area contributed by atoms with Crippen LogP contribution < -0.4 is 10.6 Å². The maximum Gasteiger partial charge on any atom is 0.191 e. The molecule has 0 aliphatic heterocycles. The van der Waals surface area contributed by atoms with Crippen molar-refractivity contribution in [1.29, 1.82) is 0 Å². The smallest absolute Gasteiger partial charge is 0.191 e. The van der Waals surface area contributed by atoms with Gasteiger partial charge in [0.25, 0.3) is 0 Å². The summed E-state index contributed by atoms with van der Waals surface area (Å²) in [4.78, 5) is 4.18. The highest BCUT2D eigenvalue weighted by Crippen LogP contribution is 2.14. The highest BCUT2D eigenvalue weighted by molar-refractivity contribution is 6.31. The van der Waals surface area contributed by atoms with Crippen molar-refractivity contribution in [2.75, 3.05) is 7.05 Å². The minimum atomic E-state index is 0.630. The summed E-state index contributed by atoms with van der Waals surface area (Å²) < 4.78 is 1.83. The quantitative estimate of drug-likeness (QED) is 0.669. The zero-order valence-electron chi connectivity index (χ0n) is 11.6. The van der Waals surface area contributed by atoms with Gasteiger partial charge < -0.3 is 10.6 Å². The van der Waals surface area contributed by atoms with Gasteiger partial charge in [-0.05, 0) is 17.7 Å². The van der Waals surface area contributed by atoms with E-state index < -0.39 is 0 Å². The van der Waals surface area contributed by atoms with Crippen LogP contribution in [0.15, 0.2) is 41.5 Å². The van der Waals surface area contributed by atoms with E-state index in [0.717, 1.165) is 22.2 Å². The van der Waals surface area contributed by atoms with Crippen LogP contribution in [-0.2, 0) is 20.1 Å². The second kappa shape index (κ2) is 6.96. The number of guanidine groups is 1. The van der Waals surface area contributed by atoms with Crippen LogP contribution in [0.2, 0.25) is 5.02 Å². The van der Waals surface area contributed by atoms with Gasteiger partial charge in [-0.15, -0.1) is 0 Å². The fourth-order valence-electron chi connectivity index (χ4n) is 1.79. The molecule has 6 heteroatoms. The van der Waals surface area contributed by atoms with Crippen molar-refractivity contribution in [2.24, 2.45) is 12.0 Å². The monoisotopic (exact) mass is 291 g/mol. The summed E-state index contributed by atoms with van der Waals surface area (Å²) in [5.41, 5.74) is 2.13. The van der Waals surface area contributed by atoms with E-state index in [2.05, 4.69) is 20.7 Å². The van der Waals surface area contributed by atoms with E-state index in [4.69, 9.17) is 11.6 Å². The number of aromatic nitrogens is 2. The normalized spacial score (nSPS) is 11.4. The molecule has 0 saturated heterocycles. The molecule has 5 nitrogen and oxygen atoms in total. The lowest BCUT2D eigenvalue weighted by molar-refractivity contribution is 0.684. The zero-order valence-corrected chi connectivity index (χ0v) is 12.4. The third-order valence-corrected chi connectivity index (χ3v) is 3.36. The van der Waals surface area contributed by atoms with Gasteiger partial charge in [0.05, 0.1) is 12.2 Å². The summed E-state index contributed by atoms with van der Waals surface area (Å²) >= 11 is 6.12. The van der Waals surface area contributed by atoms with Crippen LogP contribution in [0, 0.1) is 0 Å². The number of rotatable bonds is 4. The molecule has 0 aliphatic carbocycles. The lowest BCUT2D eigenvalue weighted by Crippen LogP contribution is -2.36. The van der Waals surface area contributed by atoms with E-state index >= 15 is 0 Å². The van der Waals surface area contributed by atoms with Gasteiger partial charge in [0.15, 0.2) is 5.96 Å². The lowest BCUT2D eigenvalue weighted by Gasteiger charge is -2.12. The molecule has 0 amide bonds. The van der Waals surface area contributed by atoms with E-state index in [0.29, 0.717) is 13.1 Å². The maximum atomic E-state index is 6.12. The molecule has 1 heterocycles. The first-order valence-corrected chi connectivity index (χ1v) is 6.73. The van der Waals surface area contributed by atoms with E-state index in [1.54, 1.807) is 13.2 Å². The van der Waals surface area contributed by atoms with Crippen molar-refractivity contribution in [3.63, 3.8) is 0 Å². The molecule has 2 rings (SSSR count). The van der Waals surface area contributed by atoms with Gasteiger partial charge >= 0.3 is 0 Å². The Bertz CT molecular complexity index is 591. The number of aliphatic imine (C=N–C) groups is 1. The molecular weight excluding hydrogens is 274 g/mol. The first kappa shape index (κ1) is 14.4. The minimum Gasteiger partial charge on any atom is -0.352 e. The predicted molar refractivity (Wildman–Crippen MR) is 81.7 cm³/mol. The number of hydrogen-bond acceptors (Lipinski definition) is 2. The van der Waals surface area contributed by atoms with Crippen LogP contribution in [0.5, 0.6) is 0 Å². The van der Waals surface area contributed by atoms with Gasteiger partial charge in [-0.25, -0.2) is 0 Å². The van der Waals surface area contributed by atoms with Gasteiger partial charge in [-0.2, -0.15) is 5.10 Å². The highest BCUT2D eigenvalue weighted by atomic mass is 35.5. The Labute approximate surface area is 123 Å². The molecule has 0 fully saturated rings.